The van der Waals surface area contributed by atoms with Gasteiger partial charge in [-0.05, 0) is 57.8 Å². The van der Waals surface area contributed by atoms with Crippen LogP contribution in [-0.4, -0.2) is 37.2 Å². The molecule has 0 heterocycles. The summed E-state index contributed by atoms with van der Waals surface area (Å²) < 4.78 is 16.9. The van der Waals surface area contributed by atoms with Gasteiger partial charge in [0.05, 0.1) is 0 Å². The first-order valence-corrected chi connectivity index (χ1v) is 31.1. The maximum atomic E-state index is 12.8. The van der Waals surface area contributed by atoms with Crippen molar-refractivity contribution >= 4 is 17.9 Å². The second-order valence-electron chi connectivity index (χ2n) is 21.0. The molecule has 6 nitrogen and oxygen atoms in total. The highest BCUT2D eigenvalue weighted by Crippen LogP contribution is 2.18. The average molecular weight is 996 g/mol. The second-order valence-corrected chi connectivity index (χ2v) is 21.0. The van der Waals surface area contributed by atoms with Crippen molar-refractivity contribution in [3.63, 3.8) is 0 Å². The van der Waals surface area contributed by atoms with Gasteiger partial charge in [-0.1, -0.05) is 301 Å². The molecule has 0 saturated carbocycles. The summed E-state index contributed by atoms with van der Waals surface area (Å²) >= 11 is 0. The number of allylic oxidation sites excluding steroid dienone is 8. The summed E-state index contributed by atoms with van der Waals surface area (Å²) in [4.78, 5) is 38.2. The van der Waals surface area contributed by atoms with E-state index < -0.39 is 6.10 Å². The molecule has 0 aliphatic carbocycles. The number of rotatable bonds is 57. The molecule has 0 aliphatic rings. The van der Waals surface area contributed by atoms with Crippen LogP contribution in [0, 0.1) is 0 Å². The standard InChI is InChI=1S/C65H118O6/c1-4-7-10-13-16-19-22-25-27-28-29-30-31-32-33-34-35-36-37-39-40-43-46-49-52-55-58-64(67)70-61-62(60-69-63(66)57-54-51-48-45-42-24-21-18-15-12-9-6-3)71-65(68)59-56-53-50-47-44-41-38-26-23-20-17-14-11-8-5-2/h8,11,17,20,26,38,44,47,62H,4-7,9-10,12-16,18-19,21-25,27-37,39-43,45-46,48-61H2,1-3H3/b11-8-,20-17-,38-26-,47-44-. The van der Waals surface area contributed by atoms with Gasteiger partial charge in [-0.25, -0.2) is 0 Å². The third-order valence-corrected chi connectivity index (χ3v) is 13.8. The van der Waals surface area contributed by atoms with Crippen LogP contribution in [0.25, 0.3) is 0 Å². The molecule has 1 unspecified atom stereocenters. The fourth-order valence-corrected chi connectivity index (χ4v) is 9.20. The number of unbranched alkanes of at least 4 members (excludes halogenated alkanes) is 38. The van der Waals surface area contributed by atoms with Crippen LogP contribution < -0.4 is 0 Å². The number of carbonyl (C=O) groups excluding carboxylic acids is 3. The van der Waals surface area contributed by atoms with Crippen LogP contribution in [0.3, 0.4) is 0 Å². The van der Waals surface area contributed by atoms with Gasteiger partial charge in [0.25, 0.3) is 0 Å². The van der Waals surface area contributed by atoms with Crippen LogP contribution in [0.5, 0.6) is 0 Å². The molecular weight excluding hydrogens is 877 g/mol. The minimum atomic E-state index is -0.791. The third-order valence-electron chi connectivity index (χ3n) is 13.8. The summed E-state index contributed by atoms with van der Waals surface area (Å²) in [6.45, 7) is 6.53. The largest absolute Gasteiger partial charge is 0.462 e. The first-order valence-electron chi connectivity index (χ1n) is 31.1. The lowest BCUT2D eigenvalue weighted by Crippen LogP contribution is -2.30. The molecule has 0 spiro atoms. The van der Waals surface area contributed by atoms with Crippen LogP contribution in [-0.2, 0) is 28.6 Å². The van der Waals surface area contributed by atoms with Gasteiger partial charge in [0, 0.05) is 19.3 Å². The van der Waals surface area contributed by atoms with E-state index >= 15 is 0 Å². The number of carbonyl (C=O) groups is 3. The highest BCUT2D eigenvalue weighted by Gasteiger charge is 2.19. The molecule has 0 rings (SSSR count). The fraction of sp³-hybridized carbons (Fsp3) is 0.831. The molecule has 71 heavy (non-hydrogen) atoms. The molecule has 0 radical (unpaired) electrons. The smallest absolute Gasteiger partial charge is 0.306 e. The number of hydrogen-bond acceptors (Lipinski definition) is 6. The molecule has 0 aromatic heterocycles. The predicted molar refractivity (Wildman–Crippen MR) is 307 cm³/mol. The van der Waals surface area contributed by atoms with Gasteiger partial charge < -0.3 is 14.2 Å². The normalized spacial score (nSPS) is 12.3. The van der Waals surface area contributed by atoms with Crippen molar-refractivity contribution < 1.29 is 28.6 Å². The van der Waals surface area contributed by atoms with Crippen molar-refractivity contribution in [3.05, 3.63) is 48.6 Å². The Morgan fingerprint density at radius 2 is 0.549 bits per heavy atom. The summed E-state index contributed by atoms with van der Waals surface area (Å²) in [5.41, 5.74) is 0. The van der Waals surface area contributed by atoms with Crippen LogP contribution in [0.2, 0.25) is 0 Å². The zero-order valence-corrected chi connectivity index (χ0v) is 47.5. The fourth-order valence-electron chi connectivity index (χ4n) is 9.20. The first kappa shape index (κ1) is 68.4. The Labute approximate surface area is 441 Å². The van der Waals surface area contributed by atoms with Crippen molar-refractivity contribution in [2.24, 2.45) is 0 Å². The maximum absolute atomic E-state index is 12.8. The second kappa shape index (κ2) is 59.9. The van der Waals surface area contributed by atoms with E-state index in [9.17, 15) is 14.4 Å². The minimum absolute atomic E-state index is 0.0854. The van der Waals surface area contributed by atoms with Crippen LogP contribution >= 0.6 is 0 Å². The lowest BCUT2D eigenvalue weighted by atomic mass is 10.0. The van der Waals surface area contributed by atoms with Crippen molar-refractivity contribution in [3.8, 4) is 0 Å². The summed E-state index contributed by atoms with van der Waals surface area (Å²) in [7, 11) is 0. The van der Waals surface area contributed by atoms with Crippen molar-refractivity contribution in [1.82, 2.24) is 0 Å². The summed E-state index contributed by atoms with van der Waals surface area (Å²) in [5, 5.41) is 0. The molecule has 0 aromatic carbocycles. The van der Waals surface area contributed by atoms with E-state index in [0.29, 0.717) is 19.3 Å². The Morgan fingerprint density at radius 1 is 0.296 bits per heavy atom. The van der Waals surface area contributed by atoms with Crippen molar-refractivity contribution in [2.45, 2.75) is 335 Å². The molecule has 0 N–H and O–H groups in total. The Balaban J connectivity index is 4.22. The molecule has 0 aliphatic heterocycles. The summed E-state index contributed by atoms with van der Waals surface area (Å²) in [5.74, 6) is -0.910. The zero-order chi connectivity index (χ0) is 51.4. The lowest BCUT2D eigenvalue weighted by molar-refractivity contribution is -0.167. The van der Waals surface area contributed by atoms with Crippen LogP contribution in [0.4, 0.5) is 0 Å². The highest BCUT2D eigenvalue weighted by atomic mass is 16.6. The summed E-state index contributed by atoms with van der Waals surface area (Å²) in [6, 6.07) is 0. The van der Waals surface area contributed by atoms with Gasteiger partial charge in [-0.15, -0.1) is 0 Å². The van der Waals surface area contributed by atoms with Gasteiger partial charge in [-0.2, -0.15) is 0 Å². The molecule has 0 amide bonds. The monoisotopic (exact) mass is 995 g/mol. The molecule has 6 heteroatoms. The number of ether oxygens (including phenoxy) is 3. The Morgan fingerprint density at radius 3 is 0.859 bits per heavy atom. The van der Waals surface area contributed by atoms with E-state index in [4.69, 9.17) is 14.2 Å². The van der Waals surface area contributed by atoms with Gasteiger partial charge in [0.15, 0.2) is 6.10 Å². The Hall–Kier alpha value is -2.63. The van der Waals surface area contributed by atoms with Gasteiger partial charge in [0.1, 0.15) is 13.2 Å². The average Bonchev–Trinajstić information content (AvgIpc) is 3.37. The van der Waals surface area contributed by atoms with E-state index in [1.807, 2.05) is 0 Å². The van der Waals surface area contributed by atoms with Crippen LogP contribution in [0.1, 0.15) is 329 Å². The van der Waals surface area contributed by atoms with Crippen molar-refractivity contribution in [2.75, 3.05) is 13.2 Å². The molecule has 0 saturated heterocycles. The lowest BCUT2D eigenvalue weighted by Gasteiger charge is -2.18. The van der Waals surface area contributed by atoms with E-state index in [-0.39, 0.29) is 37.5 Å². The van der Waals surface area contributed by atoms with Crippen LogP contribution in [0.15, 0.2) is 48.6 Å². The Bertz CT molecular complexity index is 1230. The topological polar surface area (TPSA) is 78.9 Å². The highest BCUT2D eigenvalue weighted by molar-refractivity contribution is 5.71. The molecule has 1 atom stereocenters. The van der Waals surface area contributed by atoms with E-state index in [1.54, 1.807) is 0 Å². The molecular formula is C65H118O6. The van der Waals surface area contributed by atoms with Gasteiger partial charge >= 0.3 is 17.9 Å². The number of esters is 3. The SMILES string of the molecule is CC/C=C\C/C=C\C/C=C\C/C=C\CCCCC(=O)OC(COC(=O)CCCCCCCCCCCCCC)COC(=O)CCCCCCCCCCCCCCCCCCCCCCCCCCCC. The molecule has 0 bridgehead atoms. The van der Waals surface area contributed by atoms with Crippen molar-refractivity contribution in [1.29, 1.82) is 0 Å². The van der Waals surface area contributed by atoms with Gasteiger partial charge in [0.2, 0.25) is 0 Å². The molecule has 0 fully saturated rings. The van der Waals surface area contributed by atoms with E-state index in [0.717, 1.165) is 77.0 Å². The zero-order valence-electron chi connectivity index (χ0n) is 47.5. The van der Waals surface area contributed by atoms with E-state index in [2.05, 4.69) is 69.4 Å². The first-order chi connectivity index (χ1) is 35.0. The summed E-state index contributed by atoms with van der Waals surface area (Å²) in [6.07, 6.45) is 74.2. The quantitative estimate of drug-likeness (QED) is 0.0261. The molecule has 0 aromatic rings. The number of hydrogen-bond donors (Lipinski definition) is 0. The van der Waals surface area contributed by atoms with E-state index in [1.165, 1.54) is 205 Å². The Kier molecular flexibility index (Phi) is 57.7. The van der Waals surface area contributed by atoms with Gasteiger partial charge in [-0.3, -0.25) is 14.4 Å². The molecule has 414 valence electrons. The maximum Gasteiger partial charge on any atom is 0.306 e. The minimum Gasteiger partial charge on any atom is -0.462 e. The predicted octanol–water partition coefficient (Wildman–Crippen LogP) is 21.0. The third kappa shape index (κ3) is 58.1.